The number of nitro groups is 1. The van der Waals surface area contributed by atoms with Gasteiger partial charge in [-0.1, -0.05) is 13.0 Å². The second-order valence-corrected chi connectivity index (χ2v) is 7.41. The number of rotatable bonds is 11. The minimum absolute atomic E-state index is 0.101. The number of nitrogens with zero attached hydrogens (tertiary/aromatic N) is 2. The lowest BCUT2D eigenvalue weighted by Gasteiger charge is -2.12. The van der Waals surface area contributed by atoms with E-state index in [0.717, 1.165) is 12.5 Å². The highest BCUT2D eigenvalue weighted by Crippen LogP contribution is 2.29. The van der Waals surface area contributed by atoms with Crippen LogP contribution >= 0.6 is 0 Å². The Labute approximate surface area is 207 Å². The van der Waals surface area contributed by atoms with Gasteiger partial charge in [0.25, 0.3) is 11.6 Å². The predicted molar refractivity (Wildman–Crippen MR) is 133 cm³/mol. The average molecular weight is 492 g/mol. The number of amides is 1. The number of esters is 1. The highest BCUT2D eigenvalue weighted by Gasteiger charge is 2.14. The molecule has 10 heteroatoms. The second kappa shape index (κ2) is 12.7. The first-order chi connectivity index (χ1) is 17.4. The van der Waals surface area contributed by atoms with Gasteiger partial charge in [0.05, 0.1) is 29.9 Å². The number of hydrogen-bond acceptors (Lipinski definition) is 8. The van der Waals surface area contributed by atoms with Gasteiger partial charge in [0.1, 0.15) is 5.75 Å². The van der Waals surface area contributed by atoms with E-state index in [0.29, 0.717) is 35.8 Å². The van der Waals surface area contributed by atoms with E-state index in [1.807, 2.05) is 6.92 Å². The maximum atomic E-state index is 12.6. The van der Waals surface area contributed by atoms with E-state index in [1.165, 1.54) is 24.4 Å². The SMILES string of the molecule is CCCOc1ccc(C(=O)Oc2ccc(/C=N\NC(=O)c3cccc([N+](=O)[O-])c3)cc2OCC)cc1. The van der Waals surface area contributed by atoms with Crippen molar-refractivity contribution >= 4 is 23.8 Å². The number of non-ortho nitro benzene ring substituents is 1. The van der Waals surface area contributed by atoms with Gasteiger partial charge in [0.15, 0.2) is 11.5 Å². The molecule has 10 nitrogen and oxygen atoms in total. The minimum atomic E-state index is -0.600. The zero-order chi connectivity index (χ0) is 25.9. The number of hydrogen-bond donors (Lipinski definition) is 1. The molecule has 0 radical (unpaired) electrons. The topological polar surface area (TPSA) is 129 Å². The fraction of sp³-hybridized carbons (Fsp3) is 0.192. The van der Waals surface area contributed by atoms with Crippen LogP contribution in [0.15, 0.2) is 71.8 Å². The number of ether oxygens (including phenoxy) is 3. The smallest absolute Gasteiger partial charge is 0.343 e. The van der Waals surface area contributed by atoms with Crippen molar-refractivity contribution in [2.45, 2.75) is 20.3 Å². The summed E-state index contributed by atoms with van der Waals surface area (Å²) in [6.07, 6.45) is 2.26. The van der Waals surface area contributed by atoms with Crippen LogP contribution in [0.25, 0.3) is 0 Å². The highest BCUT2D eigenvalue weighted by molar-refractivity contribution is 5.95. The monoisotopic (exact) mass is 491 g/mol. The molecule has 0 heterocycles. The van der Waals surface area contributed by atoms with Gasteiger partial charge in [-0.2, -0.15) is 5.10 Å². The summed E-state index contributed by atoms with van der Waals surface area (Å²) in [5.74, 6) is 0.0681. The number of benzene rings is 3. The van der Waals surface area contributed by atoms with Crippen LogP contribution in [0.4, 0.5) is 5.69 Å². The van der Waals surface area contributed by atoms with Crippen LogP contribution in [0.2, 0.25) is 0 Å². The van der Waals surface area contributed by atoms with Crippen LogP contribution in [0, 0.1) is 10.1 Å². The van der Waals surface area contributed by atoms with Gasteiger partial charge >= 0.3 is 5.97 Å². The lowest BCUT2D eigenvalue weighted by Crippen LogP contribution is -2.17. The van der Waals surface area contributed by atoms with Crippen molar-refractivity contribution in [1.29, 1.82) is 0 Å². The molecule has 0 fully saturated rings. The van der Waals surface area contributed by atoms with E-state index in [2.05, 4.69) is 10.5 Å². The Morgan fingerprint density at radius 1 is 0.972 bits per heavy atom. The molecule has 0 saturated heterocycles. The molecule has 0 bridgehead atoms. The standard InChI is InChI=1S/C26H25N3O7/c1-3-14-35-22-11-9-19(10-12-22)26(31)36-23-13-8-18(15-24(23)34-4-2)17-27-28-25(30)20-6-5-7-21(16-20)29(32)33/h5-13,15-17H,3-4,14H2,1-2H3,(H,28,30)/b27-17-. The van der Waals surface area contributed by atoms with E-state index in [4.69, 9.17) is 14.2 Å². The molecular formula is C26H25N3O7. The third-order valence-corrected chi connectivity index (χ3v) is 4.73. The quantitative estimate of drug-likeness (QED) is 0.134. The van der Waals surface area contributed by atoms with E-state index < -0.39 is 16.8 Å². The average Bonchev–Trinajstić information content (AvgIpc) is 2.89. The molecule has 3 aromatic rings. The summed E-state index contributed by atoms with van der Waals surface area (Å²) in [5.41, 5.74) is 3.15. The molecule has 0 aliphatic rings. The van der Waals surface area contributed by atoms with Gasteiger partial charge in [-0.05, 0) is 67.4 Å². The van der Waals surface area contributed by atoms with Crippen molar-refractivity contribution < 1.29 is 28.7 Å². The van der Waals surface area contributed by atoms with E-state index >= 15 is 0 Å². The maximum Gasteiger partial charge on any atom is 0.343 e. The molecule has 36 heavy (non-hydrogen) atoms. The lowest BCUT2D eigenvalue weighted by atomic mass is 10.2. The van der Waals surface area contributed by atoms with E-state index in [1.54, 1.807) is 49.4 Å². The first-order valence-corrected chi connectivity index (χ1v) is 11.2. The summed E-state index contributed by atoms with van der Waals surface area (Å²) in [5, 5.41) is 14.8. The fourth-order valence-electron chi connectivity index (χ4n) is 3.01. The third kappa shape index (κ3) is 7.13. The van der Waals surface area contributed by atoms with Crippen LogP contribution in [0.1, 0.15) is 46.5 Å². The summed E-state index contributed by atoms with van der Waals surface area (Å²) >= 11 is 0. The molecule has 1 amide bonds. The number of carbonyl (C=O) groups is 2. The summed E-state index contributed by atoms with van der Waals surface area (Å²) in [6, 6.07) is 16.8. The second-order valence-electron chi connectivity index (χ2n) is 7.41. The molecule has 0 spiro atoms. The van der Waals surface area contributed by atoms with Crippen LogP contribution in [-0.2, 0) is 0 Å². The Balaban J connectivity index is 1.67. The predicted octanol–water partition coefficient (Wildman–Crippen LogP) is 4.77. The summed E-state index contributed by atoms with van der Waals surface area (Å²) < 4.78 is 16.6. The Morgan fingerprint density at radius 2 is 1.75 bits per heavy atom. The molecule has 0 aliphatic heterocycles. The zero-order valence-corrected chi connectivity index (χ0v) is 19.8. The Morgan fingerprint density at radius 3 is 2.44 bits per heavy atom. The summed E-state index contributed by atoms with van der Waals surface area (Å²) in [7, 11) is 0. The molecule has 0 saturated carbocycles. The molecule has 186 valence electrons. The molecular weight excluding hydrogens is 466 g/mol. The van der Waals surface area contributed by atoms with Gasteiger partial charge in [0, 0.05) is 17.7 Å². The van der Waals surface area contributed by atoms with Crippen molar-refractivity contribution in [2.24, 2.45) is 5.10 Å². The van der Waals surface area contributed by atoms with Crippen molar-refractivity contribution in [1.82, 2.24) is 5.43 Å². The molecule has 3 rings (SSSR count). The molecule has 0 unspecified atom stereocenters. The maximum absolute atomic E-state index is 12.6. The van der Waals surface area contributed by atoms with Gasteiger partial charge < -0.3 is 14.2 Å². The lowest BCUT2D eigenvalue weighted by molar-refractivity contribution is -0.384. The number of hydrazone groups is 1. The van der Waals surface area contributed by atoms with E-state index in [-0.39, 0.29) is 17.0 Å². The van der Waals surface area contributed by atoms with E-state index in [9.17, 15) is 19.7 Å². The third-order valence-electron chi connectivity index (χ3n) is 4.73. The molecule has 3 aromatic carbocycles. The Bertz CT molecular complexity index is 1260. The van der Waals surface area contributed by atoms with Crippen LogP contribution in [-0.4, -0.2) is 36.2 Å². The molecule has 0 aliphatic carbocycles. The summed E-state index contributed by atoms with van der Waals surface area (Å²) in [6.45, 7) is 4.73. The van der Waals surface area contributed by atoms with Gasteiger partial charge in [0.2, 0.25) is 0 Å². The molecule has 1 N–H and O–H groups in total. The van der Waals surface area contributed by atoms with Crippen LogP contribution in [0.5, 0.6) is 17.2 Å². The highest BCUT2D eigenvalue weighted by atomic mass is 16.6. The zero-order valence-electron chi connectivity index (χ0n) is 19.8. The Hall–Kier alpha value is -4.73. The van der Waals surface area contributed by atoms with Crippen molar-refractivity contribution in [3.8, 4) is 17.2 Å². The van der Waals surface area contributed by atoms with Crippen LogP contribution in [0.3, 0.4) is 0 Å². The molecule has 0 atom stereocenters. The van der Waals surface area contributed by atoms with Gasteiger partial charge in [-0.25, -0.2) is 10.2 Å². The number of nitro benzene ring substituents is 1. The normalized spacial score (nSPS) is 10.6. The summed E-state index contributed by atoms with van der Waals surface area (Å²) in [4.78, 5) is 35.1. The molecule has 0 aromatic heterocycles. The Kier molecular flexibility index (Phi) is 9.10. The van der Waals surface area contributed by atoms with Crippen LogP contribution < -0.4 is 19.6 Å². The fourth-order valence-corrected chi connectivity index (χ4v) is 3.01. The van der Waals surface area contributed by atoms with Crippen molar-refractivity contribution in [3.05, 3.63) is 93.5 Å². The van der Waals surface area contributed by atoms with Crippen molar-refractivity contribution in [2.75, 3.05) is 13.2 Å². The largest absolute Gasteiger partial charge is 0.494 e. The minimum Gasteiger partial charge on any atom is -0.494 e. The first kappa shape index (κ1) is 25.9. The van der Waals surface area contributed by atoms with Gasteiger partial charge in [-0.15, -0.1) is 0 Å². The first-order valence-electron chi connectivity index (χ1n) is 11.2. The number of carbonyl (C=O) groups excluding carboxylic acids is 2. The van der Waals surface area contributed by atoms with Crippen molar-refractivity contribution in [3.63, 3.8) is 0 Å². The number of nitrogens with one attached hydrogen (secondary N) is 1. The van der Waals surface area contributed by atoms with Gasteiger partial charge in [-0.3, -0.25) is 14.9 Å².